The third-order valence-electron chi connectivity index (χ3n) is 2.91. The van der Waals surface area contributed by atoms with Crippen molar-refractivity contribution in [1.29, 1.82) is 0 Å². The highest BCUT2D eigenvalue weighted by molar-refractivity contribution is 6.62. The minimum absolute atomic E-state index is 0.117. The maximum atomic E-state index is 13.6. The van der Waals surface area contributed by atoms with E-state index >= 15 is 0 Å². The number of carbonyl (C=O) groups is 1. The minimum Gasteiger partial charge on any atom is -0.534 e. The maximum absolute atomic E-state index is 13.6. The predicted molar refractivity (Wildman–Crippen MR) is 65.7 cm³/mol. The number of hydrogen-bond donors (Lipinski definition) is 1. The molecule has 100 valence electrons. The summed E-state index contributed by atoms with van der Waals surface area (Å²) in [5.74, 6) is -2.91. The highest BCUT2D eigenvalue weighted by Crippen LogP contribution is 2.29. The number of rotatable bonds is 2. The van der Waals surface area contributed by atoms with E-state index in [0.717, 1.165) is 12.1 Å². The Morgan fingerprint density at radius 1 is 1.37 bits per heavy atom. The van der Waals surface area contributed by atoms with Crippen molar-refractivity contribution in [2.24, 2.45) is 5.73 Å². The van der Waals surface area contributed by atoms with Crippen molar-refractivity contribution in [2.45, 2.75) is 19.4 Å². The van der Waals surface area contributed by atoms with Crippen LogP contribution in [0.5, 0.6) is 0 Å². The van der Waals surface area contributed by atoms with Gasteiger partial charge in [-0.1, -0.05) is 6.58 Å². The predicted octanol–water partition coefficient (Wildman–Crippen LogP) is 1.10. The zero-order valence-corrected chi connectivity index (χ0v) is 10.5. The standard InChI is InChI=1S/C12H12BF2NO3/c1-6-12(2,3)19-13(18-6)7-4-8(14)10(11(16)17)9(15)5-7/h4-5H,1H2,2-3H3,(H2,16,17). The number of nitrogens with two attached hydrogens (primary N) is 1. The number of benzene rings is 1. The van der Waals surface area contributed by atoms with Gasteiger partial charge in [-0.15, -0.1) is 0 Å². The highest BCUT2D eigenvalue weighted by Gasteiger charge is 2.43. The summed E-state index contributed by atoms with van der Waals surface area (Å²) in [6.07, 6.45) is 0. The van der Waals surface area contributed by atoms with Gasteiger partial charge < -0.3 is 15.0 Å². The van der Waals surface area contributed by atoms with E-state index in [1.807, 2.05) is 0 Å². The molecule has 0 unspecified atom stereocenters. The zero-order chi connectivity index (χ0) is 14.4. The summed E-state index contributed by atoms with van der Waals surface area (Å²) in [4.78, 5) is 10.9. The molecule has 0 aromatic heterocycles. The normalized spacial score (nSPS) is 17.5. The highest BCUT2D eigenvalue weighted by atomic mass is 19.1. The second-order valence-corrected chi connectivity index (χ2v) is 4.72. The first-order valence-corrected chi connectivity index (χ1v) is 5.55. The summed E-state index contributed by atoms with van der Waals surface area (Å²) in [5.41, 5.74) is 3.48. The average molecular weight is 267 g/mol. The lowest BCUT2D eigenvalue weighted by Gasteiger charge is -2.15. The van der Waals surface area contributed by atoms with E-state index in [2.05, 4.69) is 6.58 Å². The summed E-state index contributed by atoms with van der Waals surface area (Å²) in [5, 5.41) is 0. The quantitative estimate of drug-likeness (QED) is 0.816. The molecule has 0 aliphatic carbocycles. The van der Waals surface area contributed by atoms with Crippen molar-refractivity contribution in [3.8, 4) is 0 Å². The molecule has 1 heterocycles. The van der Waals surface area contributed by atoms with Gasteiger partial charge in [-0.3, -0.25) is 4.79 Å². The molecule has 1 aliphatic heterocycles. The molecule has 1 aromatic carbocycles. The molecule has 0 spiro atoms. The molecule has 1 fully saturated rings. The van der Waals surface area contributed by atoms with Gasteiger partial charge in [0, 0.05) is 5.46 Å². The largest absolute Gasteiger partial charge is 0.563 e. The Morgan fingerprint density at radius 2 is 1.89 bits per heavy atom. The van der Waals surface area contributed by atoms with Crippen LogP contribution >= 0.6 is 0 Å². The van der Waals surface area contributed by atoms with Gasteiger partial charge in [0.25, 0.3) is 5.91 Å². The SMILES string of the molecule is C=C1OB(c2cc(F)c(C(N)=O)c(F)c2)OC1(C)C. The molecule has 0 radical (unpaired) electrons. The second kappa shape index (κ2) is 4.34. The number of carbonyl (C=O) groups excluding carboxylic acids is 1. The van der Waals surface area contributed by atoms with E-state index in [1.165, 1.54) is 0 Å². The summed E-state index contributed by atoms with van der Waals surface area (Å²) < 4.78 is 38.1. The van der Waals surface area contributed by atoms with Crippen molar-refractivity contribution < 1.29 is 22.9 Å². The lowest BCUT2D eigenvalue weighted by Crippen LogP contribution is -2.35. The van der Waals surface area contributed by atoms with Gasteiger partial charge in [0.2, 0.25) is 0 Å². The molecule has 0 bridgehead atoms. The molecule has 7 heteroatoms. The smallest absolute Gasteiger partial charge is 0.534 e. The topological polar surface area (TPSA) is 61.5 Å². The fourth-order valence-electron chi connectivity index (χ4n) is 1.73. The molecule has 0 saturated carbocycles. The van der Waals surface area contributed by atoms with E-state index in [0.29, 0.717) is 5.76 Å². The van der Waals surface area contributed by atoms with Gasteiger partial charge in [-0.25, -0.2) is 8.78 Å². The number of amides is 1. The van der Waals surface area contributed by atoms with E-state index in [-0.39, 0.29) is 5.46 Å². The summed E-state index contributed by atoms with van der Waals surface area (Å²) in [7, 11) is -0.964. The Labute approximate surface area is 109 Å². The van der Waals surface area contributed by atoms with Gasteiger partial charge in [-0.05, 0) is 26.0 Å². The van der Waals surface area contributed by atoms with Crippen molar-refractivity contribution >= 4 is 18.5 Å². The Hall–Kier alpha value is -1.89. The van der Waals surface area contributed by atoms with E-state index in [9.17, 15) is 13.6 Å². The van der Waals surface area contributed by atoms with Crippen molar-refractivity contribution in [3.05, 3.63) is 41.7 Å². The van der Waals surface area contributed by atoms with E-state index in [4.69, 9.17) is 15.0 Å². The van der Waals surface area contributed by atoms with Crippen molar-refractivity contribution in [3.63, 3.8) is 0 Å². The first-order valence-electron chi connectivity index (χ1n) is 5.55. The minimum atomic E-state index is -1.17. The van der Waals surface area contributed by atoms with Gasteiger partial charge in [0.1, 0.15) is 22.8 Å². The van der Waals surface area contributed by atoms with Crippen LogP contribution in [0, 0.1) is 11.6 Å². The fourth-order valence-corrected chi connectivity index (χ4v) is 1.73. The van der Waals surface area contributed by atoms with Crippen LogP contribution in [0.3, 0.4) is 0 Å². The molecule has 2 N–H and O–H groups in total. The molecule has 1 aliphatic rings. The van der Waals surface area contributed by atoms with Crippen LogP contribution in [-0.2, 0) is 9.31 Å². The monoisotopic (exact) mass is 267 g/mol. The zero-order valence-electron chi connectivity index (χ0n) is 10.5. The van der Waals surface area contributed by atoms with Gasteiger partial charge in [0.05, 0.1) is 5.76 Å². The molecular weight excluding hydrogens is 255 g/mol. The van der Waals surface area contributed by atoms with E-state index in [1.54, 1.807) is 13.8 Å². The number of halogens is 2. The lowest BCUT2D eigenvalue weighted by atomic mass is 9.78. The van der Waals surface area contributed by atoms with Crippen LogP contribution in [0.2, 0.25) is 0 Å². The van der Waals surface area contributed by atoms with E-state index < -0.39 is 35.8 Å². The second-order valence-electron chi connectivity index (χ2n) is 4.72. The van der Waals surface area contributed by atoms with Crippen LogP contribution in [0.1, 0.15) is 24.2 Å². The molecule has 1 saturated heterocycles. The first-order chi connectivity index (χ1) is 8.72. The van der Waals surface area contributed by atoms with Gasteiger partial charge in [-0.2, -0.15) is 0 Å². The van der Waals surface area contributed by atoms with Crippen LogP contribution < -0.4 is 11.2 Å². The Morgan fingerprint density at radius 3 is 2.26 bits per heavy atom. The summed E-state index contributed by atoms with van der Waals surface area (Å²) in [6, 6.07) is 1.92. The van der Waals surface area contributed by atoms with Gasteiger partial charge >= 0.3 is 7.12 Å². The van der Waals surface area contributed by atoms with Crippen LogP contribution in [0.15, 0.2) is 24.5 Å². The summed E-state index contributed by atoms with van der Waals surface area (Å²) in [6.45, 7) is 7.11. The number of primary amides is 1. The third kappa shape index (κ3) is 2.33. The molecule has 1 aromatic rings. The molecule has 4 nitrogen and oxygen atoms in total. The van der Waals surface area contributed by atoms with Gasteiger partial charge in [0.15, 0.2) is 0 Å². The summed E-state index contributed by atoms with van der Waals surface area (Å²) >= 11 is 0. The third-order valence-corrected chi connectivity index (χ3v) is 2.91. The van der Waals surface area contributed by atoms with Crippen LogP contribution in [-0.4, -0.2) is 18.6 Å². The van der Waals surface area contributed by atoms with Crippen molar-refractivity contribution in [2.75, 3.05) is 0 Å². The lowest BCUT2D eigenvalue weighted by molar-refractivity contribution is 0.0992. The average Bonchev–Trinajstić information content (AvgIpc) is 2.51. The fraction of sp³-hybridized carbons (Fsp3) is 0.250. The van der Waals surface area contributed by atoms with Crippen LogP contribution in [0.25, 0.3) is 0 Å². The van der Waals surface area contributed by atoms with Crippen LogP contribution in [0.4, 0.5) is 8.78 Å². The number of hydrogen-bond acceptors (Lipinski definition) is 3. The molecule has 1 amide bonds. The molecule has 19 heavy (non-hydrogen) atoms. The maximum Gasteiger partial charge on any atom is 0.563 e. The Balaban J connectivity index is 2.39. The Kier molecular flexibility index (Phi) is 3.10. The molecule has 2 rings (SSSR count). The molecular formula is C12H12BF2NO3. The first kappa shape index (κ1) is 13.5. The molecule has 0 atom stereocenters. The van der Waals surface area contributed by atoms with Crippen molar-refractivity contribution in [1.82, 2.24) is 0 Å². The Bertz CT molecular complexity index is 551.